The Balaban J connectivity index is 1.43. The molecule has 4 rings (SSSR count). The van der Waals surface area contributed by atoms with Crippen LogP contribution in [0.4, 0.5) is 10.6 Å². The second kappa shape index (κ2) is 6.02. The van der Waals surface area contributed by atoms with E-state index in [1.807, 2.05) is 17.2 Å². The first-order valence-electron chi connectivity index (χ1n) is 8.96. The van der Waals surface area contributed by atoms with Crippen molar-refractivity contribution in [2.45, 2.75) is 32.1 Å². The SMILES string of the molecule is O=C(N1CCCC1)N1CC[C@@]2(CCCN(c3ccccn3)C2)C1. The Kier molecular flexibility index (Phi) is 3.87. The second-order valence-electron chi connectivity index (χ2n) is 7.36. The minimum Gasteiger partial charge on any atom is -0.356 e. The molecule has 0 bridgehead atoms. The van der Waals surface area contributed by atoms with Crippen LogP contribution in [0, 0.1) is 5.41 Å². The molecule has 5 heteroatoms. The molecule has 5 nitrogen and oxygen atoms in total. The highest BCUT2D eigenvalue weighted by molar-refractivity contribution is 5.75. The lowest BCUT2D eigenvalue weighted by molar-refractivity contribution is 0.161. The summed E-state index contributed by atoms with van der Waals surface area (Å²) in [6.45, 7) is 5.86. The summed E-state index contributed by atoms with van der Waals surface area (Å²) in [5.41, 5.74) is 0.269. The van der Waals surface area contributed by atoms with Gasteiger partial charge in [0.15, 0.2) is 0 Å². The van der Waals surface area contributed by atoms with Crippen molar-refractivity contribution in [3.8, 4) is 0 Å². The molecule has 0 aliphatic carbocycles. The van der Waals surface area contributed by atoms with Crippen molar-refractivity contribution in [3.05, 3.63) is 24.4 Å². The summed E-state index contributed by atoms with van der Waals surface area (Å²) in [5.74, 6) is 1.08. The van der Waals surface area contributed by atoms with E-state index in [0.717, 1.165) is 64.3 Å². The van der Waals surface area contributed by atoms with Gasteiger partial charge >= 0.3 is 6.03 Å². The maximum absolute atomic E-state index is 12.7. The molecule has 0 aromatic carbocycles. The molecule has 4 heterocycles. The van der Waals surface area contributed by atoms with Gasteiger partial charge in [0.2, 0.25) is 0 Å². The highest BCUT2D eigenvalue weighted by Gasteiger charge is 2.44. The number of amides is 2. The number of likely N-dealkylation sites (tertiary alicyclic amines) is 2. The lowest BCUT2D eigenvalue weighted by Gasteiger charge is -2.41. The highest BCUT2D eigenvalue weighted by Crippen LogP contribution is 2.40. The summed E-state index contributed by atoms with van der Waals surface area (Å²) in [4.78, 5) is 23.7. The standard InChI is InChI=1S/C18H26N4O/c23-17(20-10-3-4-11-20)22-13-8-18(15-22)7-5-12-21(14-18)16-6-1-2-9-19-16/h1-2,6,9H,3-5,7-8,10-15H2/t18-/m1/s1. The Hall–Kier alpha value is -1.78. The van der Waals surface area contributed by atoms with Gasteiger partial charge in [0.1, 0.15) is 5.82 Å². The minimum absolute atomic E-state index is 0.269. The van der Waals surface area contributed by atoms with Gasteiger partial charge in [-0.15, -0.1) is 0 Å². The van der Waals surface area contributed by atoms with Gasteiger partial charge in [0, 0.05) is 50.9 Å². The van der Waals surface area contributed by atoms with Gasteiger partial charge in [-0.1, -0.05) is 6.07 Å². The first kappa shape index (κ1) is 14.8. The molecule has 0 radical (unpaired) electrons. The van der Waals surface area contributed by atoms with Crippen molar-refractivity contribution < 1.29 is 4.79 Å². The number of hydrogen-bond acceptors (Lipinski definition) is 3. The van der Waals surface area contributed by atoms with Crippen LogP contribution in [-0.2, 0) is 0 Å². The number of piperidine rings is 1. The summed E-state index contributed by atoms with van der Waals surface area (Å²) in [5, 5.41) is 0. The van der Waals surface area contributed by atoms with E-state index >= 15 is 0 Å². The van der Waals surface area contributed by atoms with Crippen LogP contribution < -0.4 is 4.90 Å². The van der Waals surface area contributed by atoms with E-state index in [1.54, 1.807) is 0 Å². The van der Waals surface area contributed by atoms with Gasteiger partial charge in [0.05, 0.1) is 0 Å². The lowest BCUT2D eigenvalue weighted by Crippen LogP contribution is -2.47. The monoisotopic (exact) mass is 314 g/mol. The summed E-state index contributed by atoms with van der Waals surface area (Å²) >= 11 is 0. The third-order valence-corrected chi connectivity index (χ3v) is 5.72. The van der Waals surface area contributed by atoms with Crippen molar-refractivity contribution >= 4 is 11.8 Å². The Morgan fingerprint density at radius 2 is 1.83 bits per heavy atom. The second-order valence-corrected chi connectivity index (χ2v) is 7.36. The topological polar surface area (TPSA) is 39.7 Å². The van der Waals surface area contributed by atoms with E-state index in [9.17, 15) is 4.79 Å². The lowest BCUT2D eigenvalue weighted by atomic mass is 9.79. The van der Waals surface area contributed by atoms with E-state index in [2.05, 4.69) is 26.9 Å². The first-order valence-corrected chi connectivity index (χ1v) is 8.96. The average Bonchev–Trinajstić information content (AvgIpc) is 3.26. The molecule has 1 spiro atoms. The van der Waals surface area contributed by atoms with Crippen LogP contribution in [0.3, 0.4) is 0 Å². The van der Waals surface area contributed by atoms with Crippen LogP contribution >= 0.6 is 0 Å². The number of rotatable bonds is 1. The van der Waals surface area contributed by atoms with Crippen LogP contribution in [-0.4, -0.2) is 60.1 Å². The van der Waals surface area contributed by atoms with E-state index in [-0.39, 0.29) is 11.4 Å². The van der Waals surface area contributed by atoms with Gasteiger partial charge in [-0.05, 0) is 44.2 Å². The minimum atomic E-state index is 0.269. The molecule has 23 heavy (non-hydrogen) atoms. The summed E-state index contributed by atoms with van der Waals surface area (Å²) in [7, 11) is 0. The van der Waals surface area contributed by atoms with Crippen LogP contribution in [0.5, 0.6) is 0 Å². The molecule has 3 aliphatic rings. The van der Waals surface area contributed by atoms with Crippen molar-refractivity contribution in [3.63, 3.8) is 0 Å². The van der Waals surface area contributed by atoms with Crippen LogP contribution in [0.2, 0.25) is 0 Å². The van der Waals surface area contributed by atoms with Crippen molar-refractivity contribution in [1.82, 2.24) is 14.8 Å². The average molecular weight is 314 g/mol. The zero-order chi connectivity index (χ0) is 15.7. The Morgan fingerprint density at radius 1 is 0.957 bits per heavy atom. The van der Waals surface area contributed by atoms with Crippen molar-refractivity contribution in [2.75, 3.05) is 44.2 Å². The number of anilines is 1. The molecule has 124 valence electrons. The van der Waals surface area contributed by atoms with Gasteiger partial charge < -0.3 is 14.7 Å². The smallest absolute Gasteiger partial charge is 0.320 e. The number of hydrogen-bond donors (Lipinski definition) is 0. The maximum atomic E-state index is 12.7. The number of urea groups is 1. The Morgan fingerprint density at radius 3 is 2.61 bits per heavy atom. The first-order chi connectivity index (χ1) is 11.3. The molecule has 0 unspecified atom stereocenters. The van der Waals surface area contributed by atoms with E-state index < -0.39 is 0 Å². The predicted molar refractivity (Wildman–Crippen MR) is 90.5 cm³/mol. The Labute approximate surface area is 138 Å². The molecule has 1 atom stereocenters. The molecule has 1 aromatic heterocycles. The molecule has 3 saturated heterocycles. The fourth-order valence-electron chi connectivity index (χ4n) is 4.48. The molecule has 2 amide bonds. The highest BCUT2D eigenvalue weighted by atomic mass is 16.2. The number of carbonyl (C=O) groups is 1. The predicted octanol–water partition coefficient (Wildman–Crippen LogP) is 2.59. The zero-order valence-corrected chi connectivity index (χ0v) is 13.8. The van der Waals surface area contributed by atoms with Crippen LogP contribution in [0.1, 0.15) is 32.1 Å². The summed E-state index contributed by atoms with van der Waals surface area (Å²) in [6.07, 6.45) is 7.77. The molecule has 3 fully saturated rings. The normalized spacial score (nSPS) is 27.9. The van der Waals surface area contributed by atoms with E-state index in [1.165, 1.54) is 12.8 Å². The number of nitrogens with zero attached hydrogens (tertiary/aromatic N) is 4. The van der Waals surface area contributed by atoms with Gasteiger partial charge in [-0.25, -0.2) is 9.78 Å². The van der Waals surface area contributed by atoms with Crippen LogP contribution in [0.15, 0.2) is 24.4 Å². The Bertz CT molecular complexity index is 557. The molecule has 0 N–H and O–H groups in total. The molecule has 1 aromatic rings. The third-order valence-electron chi connectivity index (χ3n) is 5.72. The third kappa shape index (κ3) is 2.89. The molecular weight excluding hydrogens is 288 g/mol. The van der Waals surface area contributed by atoms with E-state index in [4.69, 9.17) is 0 Å². The van der Waals surface area contributed by atoms with E-state index in [0.29, 0.717) is 0 Å². The summed E-state index contributed by atoms with van der Waals surface area (Å²) < 4.78 is 0. The molecule has 0 saturated carbocycles. The largest absolute Gasteiger partial charge is 0.356 e. The zero-order valence-electron chi connectivity index (χ0n) is 13.8. The number of carbonyl (C=O) groups excluding carboxylic acids is 1. The fourth-order valence-corrected chi connectivity index (χ4v) is 4.48. The van der Waals surface area contributed by atoms with Gasteiger partial charge in [0.25, 0.3) is 0 Å². The van der Waals surface area contributed by atoms with Gasteiger partial charge in [-0.2, -0.15) is 0 Å². The molecule has 3 aliphatic heterocycles. The van der Waals surface area contributed by atoms with Crippen molar-refractivity contribution in [2.24, 2.45) is 5.41 Å². The molecular formula is C18H26N4O. The van der Waals surface area contributed by atoms with Crippen molar-refractivity contribution in [1.29, 1.82) is 0 Å². The van der Waals surface area contributed by atoms with Gasteiger partial charge in [-0.3, -0.25) is 0 Å². The quantitative estimate of drug-likeness (QED) is 0.800. The maximum Gasteiger partial charge on any atom is 0.320 e. The fraction of sp³-hybridized carbons (Fsp3) is 0.667. The number of aromatic nitrogens is 1. The summed E-state index contributed by atoms with van der Waals surface area (Å²) in [6, 6.07) is 6.40. The van der Waals surface area contributed by atoms with Crippen LogP contribution in [0.25, 0.3) is 0 Å². The number of pyridine rings is 1.